The Balaban J connectivity index is 3.63. The van der Waals surface area contributed by atoms with E-state index in [-0.39, 0.29) is 12.5 Å². The minimum absolute atomic E-state index is 0.0842. The molecule has 2 unspecified atom stereocenters. The van der Waals surface area contributed by atoms with Gasteiger partial charge in [0.25, 0.3) is 0 Å². The minimum Gasteiger partial charge on any atom is -0.394 e. The van der Waals surface area contributed by atoms with Gasteiger partial charge >= 0.3 is 0 Å². The Kier molecular flexibility index (Phi) is 49.4. The zero-order valence-corrected chi connectivity index (χ0v) is 40.3. The van der Waals surface area contributed by atoms with Gasteiger partial charge in [0, 0.05) is 6.42 Å². The van der Waals surface area contributed by atoms with Crippen LogP contribution in [0.3, 0.4) is 0 Å². The number of aliphatic hydroxyl groups is 2. The third-order valence-corrected chi connectivity index (χ3v) is 10.9. The Morgan fingerprint density at radius 3 is 1.13 bits per heavy atom. The number of amides is 1. The summed E-state index contributed by atoms with van der Waals surface area (Å²) in [6.07, 6.45) is 80.4. The predicted octanol–water partition coefficient (Wildman–Crippen LogP) is 16.9. The molecule has 0 heterocycles. The van der Waals surface area contributed by atoms with E-state index in [4.69, 9.17) is 0 Å². The smallest absolute Gasteiger partial charge is 0.220 e. The van der Waals surface area contributed by atoms with E-state index in [9.17, 15) is 15.0 Å². The number of hydrogen-bond donors (Lipinski definition) is 3. The Morgan fingerprint density at radius 2 is 0.726 bits per heavy atom. The van der Waals surface area contributed by atoms with E-state index in [1.165, 1.54) is 109 Å². The van der Waals surface area contributed by atoms with Gasteiger partial charge < -0.3 is 15.5 Å². The van der Waals surface area contributed by atoms with Crippen molar-refractivity contribution in [2.24, 2.45) is 0 Å². The molecule has 0 aromatic heterocycles. The summed E-state index contributed by atoms with van der Waals surface area (Å²) >= 11 is 0. The summed E-state index contributed by atoms with van der Waals surface area (Å²) in [5.41, 5.74) is 0. The molecule has 0 saturated carbocycles. The molecule has 2 atom stereocenters. The summed E-state index contributed by atoms with van der Waals surface area (Å²) in [5.74, 6) is -0.0842. The van der Waals surface area contributed by atoms with Gasteiger partial charge in [0.05, 0.1) is 18.8 Å². The molecule has 0 aromatic carbocycles. The molecule has 0 fully saturated rings. The van der Waals surface area contributed by atoms with E-state index < -0.39 is 12.1 Å². The highest BCUT2D eigenvalue weighted by molar-refractivity contribution is 5.76. The second-order valence-electron chi connectivity index (χ2n) is 16.8. The van der Waals surface area contributed by atoms with E-state index in [1.807, 2.05) is 6.08 Å². The second-order valence-corrected chi connectivity index (χ2v) is 16.8. The summed E-state index contributed by atoms with van der Waals surface area (Å²) in [6.45, 7) is 4.17. The number of allylic oxidation sites excluding steroid dienone is 19. The number of hydrogen-bond acceptors (Lipinski definition) is 3. The maximum absolute atomic E-state index is 12.4. The van der Waals surface area contributed by atoms with Crippen LogP contribution in [-0.2, 0) is 4.79 Å². The van der Waals surface area contributed by atoms with E-state index in [0.29, 0.717) is 6.42 Å². The van der Waals surface area contributed by atoms with Crippen molar-refractivity contribution in [2.75, 3.05) is 6.61 Å². The third kappa shape index (κ3) is 47.8. The highest BCUT2D eigenvalue weighted by Crippen LogP contribution is 2.14. The van der Waals surface area contributed by atoms with Crippen LogP contribution in [0.25, 0.3) is 0 Å². The molecule has 1 amide bonds. The number of unbranched alkanes of at least 4 members (excludes halogenated alkanes) is 20. The number of carbonyl (C=O) groups is 1. The van der Waals surface area contributed by atoms with Crippen molar-refractivity contribution < 1.29 is 15.0 Å². The van der Waals surface area contributed by atoms with Crippen molar-refractivity contribution in [3.8, 4) is 0 Å². The fraction of sp³-hybridized carbons (Fsp3) is 0.638. The zero-order chi connectivity index (χ0) is 44.9. The van der Waals surface area contributed by atoms with Gasteiger partial charge in [0.1, 0.15) is 0 Å². The molecule has 0 aliphatic rings. The fourth-order valence-corrected chi connectivity index (χ4v) is 7.03. The SMILES string of the molecule is CC/C=C\C/C=C\C/C=C\C/C=C\C/C=C\C/C=C\C/C=C\C/C=C\CCCCCCCCCCCCC(=O)NC(CO)C(O)/C=C/CC/C=C/CCCCCCCCCCC. The molecule has 0 rings (SSSR count). The summed E-state index contributed by atoms with van der Waals surface area (Å²) in [6, 6.07) is -0.649. The first-order chi connectivity index (χ1) is 30.7. The van der Waals surface area contributed by atoms with Crippen LogP contribution in [0.1, 0.15) is 219 Å². The largest absolute Gasteiger partial charge is 0.394 e. The van der Waals surface area contributed by atoms with Crippen molar-refractivity contribution in [2.45, 2.75) is 231 Å². The molecular weight excluding hydrogens is 759 g/mol. The molecule has 0 spiro atoms. The quantitative estimate of drug-likeness (QED) is 0.0422. The van der Waals surface area contributed by atoms with Crippen LogP contribution in [0.5, 0.6) is 0 Å². The molecule has 0 bridgehead atoms. The van der Waals surface area contributed by atoms with Crippen LogP contribution in [0.4, 0.5) is 0 Å². The molecule has 352 valence electrons. The maximum atomic E-state index is 12.4. The standard InChI is InChI=1S/C58H97NO3/c1-3-5-7-9-11-13-15-17-19-20-21-22-23-24-25-26-27-28-29-30-31-32-33-34-35-36-37-38-40-42-44-46-48-50-52-54-58(62)59-56(55-60)57(61)53-51-49-47-45-43-41-39-18-16-14-12-10-8-6-4-2/h5,7,11,13,17,19,21-22,24-25,27-28,30-31,33-34,43,45,51,53,56-57,60-61H,3-4,6,8-10,12,14-16,18,20,23,26,29,32,35-42,44,46-50,52,54-55H2,1-2H3,(H,59,62)/b7-5-,13-11-,19-17-,22-21-,25-24-,28-27-,31-30-,34-33-,45-43+,53-51+. The number of nitrogens with one attached hydrogen (secondary N) is 1. The highest BCUT2D eigenvalue weighted by Gasteiger charge is 2.17. The lowest BCUT2D eigenvalue weighted by molar-refractivity contribution is -0.123. The summed E-state index contributed by atoms with van der Waals surface area (Å²) < 4.78 is 0. The first-order valence-electron chi connectivity index (χ1n) is 25.7. The number of aliphatic hydroxyl groups excluding tert-OH is 2. The van der Waals surface area contributed by atoms with Gasteiger partial charge in [0.15, 0.2) is 0 Å². The zero-order valence-electron chi connectivity index (χ0n) is 40.3. The molecule has 0 saturated heterocycles. The molecule has 62 heavy (non-hydrogen) atoms. The summed E-state index contributed by atoms with van der Waals surface area (Å²) in [5, 5.41) is 23.0. The lowest BCUT2D eigenvalue weighted by atomic mass is 10.0. The Hall–Kier alpha value is -3.21. The van der Waals surface area contributed by atoms with Crippen molar-refractivity contribution in [3.05, 3.63) is 122 Å². The van der Waals surface area contributed by atoms with E-state index in [0.717, 1.165) is 89.9 Å². The normalized spacial score (nSPS) is 13.9. The average molecular weight is 856 g/mol. The van der Waals surface area contributed by atoms with Gasteiger partial charge in [0.2, 0.25) is 5.91 Å². The van der Waals surface area contributed by atoms with Crippen molar-refractivity contribution >= 4 is 5.91 Å². The Labute approximate surface area is 384 Å². The van der Waals surface area contributed by atoms with Crippen molar-refractivity contribution in [1.82, 2.24) is 5.32 Å². The number of rotatable bonds is 45. The Bertz CT molecular complexity index is 1240. The van der Waals surface area contributed by atoms with Gasteiger partial charge in [-0.25, -0.2) is 0 Å². The van der Waals surface area contributed by atoms with Gasteiger partial charge in [-0.2, -0.15) is 0 Å². The lowest BCUT2D eigenvalue weighted by Crippen LogP contribution is -2.45. The third-order valence-electron chi connectivity index (χ3n) is 10.9. The summed E-state index contributed by atoms with van der Waals surface area (Å²) in [4.78, 5) is 12.4. The molecule has 0 aliphatic carbocycles. The molecule has 0 aromatic rings. The van der Waals surface area contributed by atoms with Crippen LogP contribution in [0, 0.1) is 0 Å². The van der Waals surface area contributed by atoms with E-state index >= 15 is 0 Å². The van der Waals surface area contributed by atoms with Gasteiger partial charge in [-0.05, 0) is 96.3 Å². The fourth-order valence-electron chi connectivity index (χ4n) is 7.03. The topological polar surface area (TPSA) is 69.6 Å². The van der Waals surface area contributed by atoms with Gasteiger partial charge in [-0.3, -0.25) is 4.79 Å². The van der Waals surface area contributed by atoms with Crippen LogP contribution >= 0.6 is 0 Å². The molecule has 3 N–H and O–H groups in total. The van der Waals surface area contributed by atoms with Crippen molar-refractivity contribution in [3.63, 3.8) is 0 Å². The molecule has 4 heteroatoms. The maximum Gasteiger partial charge on any atom is 0.220 e. The number of carbonyl (C=O) groups excluding carboxylic acids is 1. The second kappa shape index (κ2) is 52.1. The van der Waals surface area contributed by atoms with Crippen LogP contribution in [0.2, 0.25) is 0 Å². The monoisotopic (exact) mass is 856 g/mol. The summed E-state index contributed by atoms with van der Waals surface area (Å²) in [7, 11) is 0. The average Bonchev–Trinajstić information content (AvgIpc) is 3.28. The Morgan fingerprint density at radius 1 is 0.403 bits per heavy atom. The van der Waals surface area contributed by atoms with Crippen molar-refractivity contribution in [1.29, 1.82) is 0 Å². The molecular formula is C58H97NO3. The molecule has 0 aliphatic heterocycles. The van der Waals surface area contributed by atoms with Crippen LogP contribution in [-0.4, -0.2) is 34.9 Å². The molecule has 0 radical (unpaired) electrons. The highest BCUT2D eigenvalue weighted by atomic mass is 16.3. The first kappa shape index (κ1) is 58.8. The lowest BCUT2D eigenvalue weighted by Gasteiger charge is -2.19. The van der Waals surface area contributed by atoms with Crippen LogP contribution in [0.15, 0.2) is 122 Å². The first-order valence-corrected chi connectivity index (χ1v) is 25.7. The minimum atomic E-state index is -0.871. The molecule has 4 nitrogen and oxygen atoms in total. The van der Waals surface area contributed by atoms with Gasteiger partial charge in [-0.15, -0.1) is 0 Å². The van der Waals surface area contributed by atoms with Crippen LogP contribution < -0.4 is 5.32 Å². The van der Waals surface area contributed by atoms with Gasteiger partial charge in [-0.1, -0.05) is 238 Å². The predicted molar refractivity (Wildman–Crippen MR) is 276 cm³/mol. The van der Waals surface area contributed by atoms with E-state index in [2.05, 4.69) is 129 Å². The van der Waals surface area contributed by atoms with E-state index in [1.54, 1.807) is 6.08 Å².